The molecular weight excluding hydrogens is 430 g/mol. The van der Waals surface area contributed by atoms with Gasteiger partial charge in [-0.1, -0.05) is 0 Å². The zero-order valence-corrected chi connectivity index (χ0v) is 16.0. The Balaban J connectivity index is 1.87. The summed E-state index contributed by atoms with van der Waals surface area (Å²) in [4.78, 5) is 24.6. The summed E-state index contributed by atoms with van der Waals surface area (Å²) < 4.78 is 55.8. The number of pyridine rings is 1. The van der Waals surface area contributed by atoms with Gasteiger partial charge in [0.15, 0.2) is 5.82 Å². The van der Waals surface area contributed by atoms with Gasteiger partial charge >= 0.3 is 6.36 Å². The van der Waals surface area contributed by atoms with Crippen molar-refractivity contribution >= 4 is 28.3 Å². The molecule has 2 aromatic carbocycles. The highest BCUT2D eigenvalue weighted by Crippen LogP contribution is 2.32. The number of hydrogen-bond donors (Lipinski definition) is 2. The zero-order valence-electron chi connectivity index (χ0n) is 16.0. The number of aromatic nitrogens is 3. The largest absolute Gasteiger partial charge is 0.573 e. The van der Waals surface area contributed by atoms with E-state index < -0.39 is 23.8 Å². The summed E-state index contributed by atoms with van der Waals surface area (Å²) >= 11 is 0. The maximum absolute atomic E-state index is 13.9. The molecule has 32 heavy (non-hydrogen) atoms. The van der Waals surface area contributed by atoms with Crippen molar-refractivity contribution in [2.75, 3.05) is 5.32 Å². The first-order chi connectivity index (χ1) is 15.2. The molecule has 0 unspecified atom stereocenters. The van der Waals surface area contributed by atoms with E-state index >= 15 is 0 Å². The van der Waals surface area contributed by atoms with Crippen LogP contribution in [-0.4, -0.2) is 27.2 Å². The number of amides is 1. The van der Waals surface area contributed by atoms with Gasteiger partial charge in [0.2, 0.25) is 0 Å². The van der Waals surface area contributed by atoms with Gasteiger partial charge in [-0.2, -0.15) is 0 Å². The second-order valence-electron chi connectivity index (χ2n) is 6.54. The van der Waals surface area contributed by atoms with Crippen molar-refractivity contribution in [3.63, 3.8) is 0 Å². The summed E-state index contributed by atoms with van der Waals surface area (Å²) in [5, 5.41) is 3.01. The lowest BCUT2D eigenvalue weighted by Crippen LogP contribution is -2.18. The molecule has 0 aliphatic carbocycles. The van der Waals surface area contributed by atoms with Crippen LogP contribution in [0.15, 0.2) is 60.9 Å². The van der Waals surface area contributed by atoms with Crippen molar-refractivity contribution in [2.24, 2.45) is 5.73 Å². The molecule has 162 valence electrons. The summed E-state index contributed by atoms with van der Waals surface area (Å²) in [5.74, 6) is -1.80. The number of hydrogen-bond acceptors (Lipinski definition) is 6. The molecule has 0 aliphatic heterocycles. The number of nitrogens with zero attached hydrogens (tertiary/aromatic N) is 3. The number of nitrogens with two attached hydrogens (primary N) is 1. The predicted molar refractivity (Wildman–Crippen MR) is 108 cm³/mol. The van der Waals surface area contributed by atoms with Crippen molar-refractivity contribution < 1.29 is 27.1 Å². The van der Waals surface area contributed by atoms with Crippen molar-refractivity contribution in [1.29, 1.82) is 0 Å². The summed E-state index contributed by atoms with van der Waals surface area (Å²) in [6.07, 6.45) is -1.87. The van der Waals surface area contributed by atoms with Gasteiger partial charge in [-0.3, -0.25) is 9.78 Å². The van der Waals surface area contributed by atoms with Crippen LogP contribution < -0.4 is 15.8 Å². The number of carbonyl (C=O) groups excluding carboxylic acids is 1. The zero-order chi connectivity index (χ0) is 22.9. The predicted octanol–water partition coefficient (Wildman–Crippen LogP) is 4.57. The highest BCUT2D eigenvalue weighted by Gasteiger charge is 2.31. The third-order valence-electron chi connectivity index (χ3n) is 4.32. The first-order valence-corrected chi connectivity index (χ1v) is 9.04. The van der Waals surface area contributed by atoms with Crippen LogP contribution in [-0.2, 0) is 0 Å². The fourth-order valence-electron chi connectivity index (χ4n) is 2.99. The van der Waals surface area contributed by atoms with Crippen LogP contribution in [0.1, 0.15) is 10.4 Å². The molecule has 4 aromatic rings. The molecule has 2 heterocycles. The average molecular weight is 443 g/mol. The van der Waals surface area contributed by atoms with Crippen molar-refractivity contribution in [2.45, 2.75) is 6.36 Å². The van der Waals surface area contributed by atoms with Crippen LogP contribution in [0.5, 0.6) is 5.75 Å². The van der Waals surface area contributed by atoms with E-state index in [1.54, 1.807) is 18.3 Å². The van der Waals surface area contributed by atoms with E-state index in [-0.39, 0.29) is 28.3 Å². The Labute approximate surface area is 177 Å². The monoisotopic (exact) mass is 443 g/mol. The van der Waals surface area contributed by atoms with E-state index in [0.29, 0.717) is 11.1 Å². The molecule has 0 fully saturated rings. The van der Waals surface area contributed by atoms with Crippen LogP contribution in [0.25, 0.3) is 22.3 Å². The highest BCUT2D eigenvalue weighted by molar-refractivity contribution is 6.01. The second-order valence-corrected chi connectivity index (χ2v) is 6.54. The average Bonchev–Trinajstić information content (AvgIpc) is 2.73. The van der Waals surface area contributed by atoms with E-state index in [0.717, 1.165) is 24.3 Å². The fourth-order valence-corrected chi connectivity index (χ4v) is 2.99. The van der Waals surface area contributed by atoms with E-state index in [9.17, 15) is 22.4 Å². The van der Waals surface area contributed by atoms with Gasteiger partial charge in [0.25, 0.3) is 5.91 Å². The number of benzene rings is 2. The lowest BCUT2D eigenvalue weighted by Gasteiger charge is -2.15. The Morgan fingerprint density at radius 3 is 2.56 bits per heavy atom. The lowest BCUT2D eigenvalue weighted by molar-refractivity contribution is -0.274. The quantitative estimate of drug-likeness (QED) is 0.438. The molecule has 2 aromatic heterocycles. The Hall–Kier alpha value is -4.28. The van der Waals surface area contributed by atoms with E-state index in [2.05, 4.69) is 25.0 Å². The van der Waals surface area contributed by atoms with Crippen LogP contribution >= 0.6 is 0 Å². The normalized spacial score (nSPS) is 11.4. The standard InChI is InChI=1S/C21H13F4N5O2/c22-12-3-6-16-15(8-12)20(30-19(28-16)11-2-1-7-27-10-11)29-17-9-13(32-21(23,24)25)4-5-14(17)18(26)31/h1-10H,(H2,26,31)(H,28,29,30). The van der Waals surface area contributed by atoms with Gasteiger partial charge in [-0.05, 0) is 42.5 Å². The van der Waals surface area contributed by atoms with Gasteiger partial charge in [0, 0.05) is 29.4 Å². The molecule has 4 rings (SSSR count). The SMILES string of the molecule is NC(=O)c1ccc(OC(F)(F)F)cc1Nc1nc(-c2cccnc2)nc2ccc(F)cc12. The highest BCUT2D eigenvalue weighted by atomic mass is 19.4. The van der Waals surface area contributed by atoms with Crippen molar-refractivity contribution in [3.8, 4) is 17.1 Å². The molecular formula is C21H13F4N5O2. The fraction of sp³-hybridized carbons (Fsp3) is 0.0476. The minimum Gasteiger partial charge on any atom is -0.406 e. The van der Waals surface area contributed by atoms with E-state index in [4.69, 9.17) is 5.73 Å². The second kappa shape index (κ2) is 8.10. The number of fused-ring (bicyclic) bond motifs is 1. The van der Waals surface area contributed by atoms with Gasteiger partial charge in [0.05, 0.1) is 16.8 Å². The number of primary amides is 1. The molecule has 0 spiro atoms. The molecule has 3 N–H and O–H groups in total. The van der Waals surface area contributed by atoms with Gasteiger partial charge in [-0.25, -0.2) is 14.4 Å². The van der Waals surface area contributed by atoms with Crippen LogP contribution in [0.2, 0.25) is 0 Å². The van der Waals surface area contributed by atoms with Gasteiger partial charge in [-0.15, -0.1) is 13.2 Å². The Kier molecular flexibility index (Phi) is 5.31. The maximum atomic E-state index is 13.9. The molecule has 1 amide bonds. The maximum Gasteiger partial charge on any atom is 0.573 e. The number of nitrogens with one attached hydrogen (secondary N) is 1. The van der Waals surface area contributed by atoms with E-state index in [1.165, 1.54) is 18.3 Å². The summed E-state index contributed by atoms with van der Waals surface area (Å²) in [6, 6.07) is 10.1. The lowest BCUT2D eigenvalue weighted by atomic mass is 10.1. The molecule has 0 bridgehead atoms. The number of carbonyl (C=O) groups is 1. The number of anilines is 2. The first kappa shape index (κ1) is 21.0. The Bertz CT molecular complexity index is 1310. The number of ether oxygens (including phenoxy) is 1. The summed E-state index contributed by atoms with van der Waals surface area (Å²) in [7, 11) is 0. The minimum atomic E-state index is -4.94. The first-order valence-electron chi connectivity index (χ1n) is 9.04. The third-order valence-corrected chi connectivity index (χ3v) is 4.32. The molecule has 0 atom stereocenters. The molecule has 0 aliphatic rings. The molecule has 0 saturated heterocycles. The van der Waals surface area contributed by atoms with Crippen molar-refractivity contribution in [1.82, 2.24) is 15.0 Å². The topological polar surface area (TPSA) is 103 Å². The smallest absolute Gasteiger partial charge is 0.406 e. The Morgan fingerprint density at radius 2 is 1.88 bits per heavy atom. The third kappa shape index (κ3) is 4.56. The van der Waals surface area contributed by atoms with Crippen molar-refractivity contribution in [3.05, 3.63) is 72.3 Å². The number of alkyl halides is 3. The molecule has 0 radical (unpaired) electrons. The minimum absolute atomic E-state index is 0.0417. The number of rotatable bonds is 5. The number of halogens is 4. The van der Waals surface area contributed by atoms with Crippen LogP contribution in [0, 0.1) is 5.82 Å². The molecule has 11 heteroatoms. The summed E-state index contributed by atoms with van der Waals surface area (Å²) in [5.41, 5.74) is 6.03. The van der Waals surface area contributed by atoms with Gasteiger partial charge in [0.1, 0.15) is 17.4 Å². The molecule has 0 saturated carbocycles. The van der Waals surface area contributed by atoms with Gasteiger partial charge < -0.3 is 15.8 Å². The molecule has 7 nitrogen and oxygen atoms in total. The summed E-state index contributed by atoms with van der Waals surface area (Å²) in [6.45, 7) is 0. The Morgan fingerprint density at radius 1 is 1.06 bits per heavy atom. The van der Waals surface area contributed by atoms with E-state index in [1.807, 2.05) is 0 Å². The van der Waals surface area contributed by atoms with Crippen LogP contribution in [0.4, 0.5) is 29.1 Å². The van der Waals surface area contributed by atoms with Crippen LogP contribution in [0.3, 0.4) is 0 Å².